The topological polar surface area (TPSA) is 209 Å². The second-order valence-corrected chi connectivity index (χ2v) is 17.0. The average Bonchev–Trinajstić information content (AvgIpc) is 4.00. The maximum atomic E-state index is 14.4. The van der Waals surface area contributed by atoms with Gasteiger partial charge < -0.3 is 25.4 Å². The minimum Gasteiger partial charge on any atom is -0.481 e. The SMILES string of the molecule is O=C(O)CCCC(=O)N[C@H]1CCCCCCCC=C[C@@H]2C[C@@]2(C(=O)NS(=O)(=O)C2CC2)NC(=O)[C@@H]2C[C@@H](OC(=O)N3Cc4cccc(F)c4C3)CN2C1=O. The summed E-state index contributed by atoms with van der Waals surface area (Å²) in [5.74, 6) is -4.74. The number of carboxylic acid groups (broad SMARTS) is 1. The van der Waals surface area contributed by atoms with Gasteiger partial charge in [-0.25, -0.2) is 17.6 Å². The third kappa shape index (κ3) is 9.21. The summed E-state index contributed by atoms with van der Waals surface area (Å²) in [4.78, 5) is 82.2. The highest BCUT2D eigenvalue weighted by Crippen LogP contribution is 2.46. The van der Waals surface area contributed by atoms with E-state index in [4.69, 9.17) is 9.84 Å². The molecule has 0 unspecified atom stereocenters. The Morgan fingerprint density at radius 1 is 1.02 bits per heavy atom. The fourth-order valence-corrected chi connectivity index (χ4v) is 8.96. The van der Waals surface area contributed by atoms with Gasteiger partial charge in [0.2, 0.25) is 27.7 Å². The summed E-state index contributed by atoms with van der Waals surface area (Å²) in [5.41, 5.74) is -0.581. The zero-order valence-corrected chi connectivity index (χ0v) is 30.9. The number of ether oxygens (including phenoxy) is 1. The van der Waals surface area contributed by atoms with Crippen molar-refractivity contribution in [3.8, 4) is 0 Å². The number of hydrogen-bond acceptors (Lipinski definition) is 9. The predicted molar refractivity (Wildman–Crippen MR) is 190 cm³/mol. The van der Waals surface area contributed by atoms with E-state index in [1.165, 1.54) is 15.9 Å². The molecule has 294 valence electrons. The number of aliphatic carboxylic acids is 1. The van der Waals surface area contributed by atoms with Gasteiger partial charge in [-0.15, -0.1) is 0 Å². The molecule has 17 heteroatoms. The Morgan fingerprint density at radius 2 is 1.78 bits per heavy atom. The van der Waals surface area contributed by atoms with Crippen LogP contribution in [0.4, 0.5) is 9.18 Å². The van der Waals surface area contributed by atoms with E-state index in [0.29, 0.717) is 36.8 Å². The van der Waals surface area contributed by atoms with Gasteiger partial charge >= 0.3 is 12.1 Å². The van der Waals surface area contributed by atoms with E-state index in [2.05, 4.69) is 15.4 Å². The van der Waals surface area contributed by atoms with Crippen molar-refractivity contribution in [3.63, 3.8) is 0 Å². The first-order chi connectivity index (χ1) is 25.8. The van der Waals surface area contributed by atoms with E-state index < -0.39 is 86.4 Å². The number of allylic oxidation sites excluding steroid dienone is 1. The number of fused-ring (bicyclic) bond motifs is 3. The van der Waals surface area contributed by atoms with Gasteiger partial charge in [-0.2, -0.15) is 0 Å². The molecule has 1 aromatic rings. The Bertz CT molecular complexity index is 1800. The summed E-state index contributed by atoms with van der Waals surface area (Å²) in [6.45, 7) is -0.133. The molecule has 5 atom stereocenters. The second-order valence-electron chi connectivity index (χ2n) is 15.1. The largest absolute Gasteiger partial charge is 0.481 e. The molecule has 6 rings (SSSR count). The lowest BCUT2D eigenvalue weighted by Crippen LogP contribution is -2.58. The van der Waals surface area contributed by atoms with E-state index >= 15 is 0 Å². The molecular weight excluding hydrogens is 725 g/mol. The molecule has 5 amide bonds. The molecule has 15 nitrogen and oxygen atoms in total. The van der Waals surface area contributed by atoms with Crippen LogP contribution < -0.4 is 15.4 Å². The van der Waals surface area contributed by atoms with Gasteiger partial charge in [0.05, 0.1) is 18.3 Å². The van der Waals surface area contributed by atoms with Crippen molar-refractivity contribution >= 4 is 45.7 Å². The number of carbonyl (C=O) groups excluding carboxylic acids is 5. The lowest BCUT2D eigenvalue weighted by atomic mass is 10.0. The number of halogens is 1. The lowest BCUT2D eigenvalue weighted by molar-refractivity contribution is -0.142. The molecule has 54 heavy (non-hydrogen) atoms. The van der Waals surface area contributed by atoms with Crippen molar-refractivity contribution in [2.75, 3.05) is 6.54 Å². The Kier molecular flexibility index (Phi) is 11.9. The number of amides is 5. The number of benzene rings is 1. The Labute approximate surface area is 313 Å². The minimum absolute atomic E-state index is 0.0214. The van der Waals surface area contributed by atoms with Crippen molar-refractivity contribution in [1.82, 2.24) is 25.2 Å². The first kappa shape index (κ1) is 39.2. The van der Waals surface area contributed by atoms with E-state index in [9.17, 15) is 41.6 Å². The molecule has 0 radical (unpaired) electrons. The summed E-state index contributed by atoms with van der Waals surface area (Å²) < 4.78 is 48.0. The van der Waals surface area contributed by atoms with Gasteiger partial charge in [0.25, 0.3) is 5.91 Å². The molecule has 5 aliphatic rings. The van der Waals surface area contributed by atoms with Crippen LogP contribution in [0.25, 0.3) is 0 Å². The van der Waals surface area contributed by atoms with Crippen LogP contribution in [0.3, 0.4) is 0 Å². The van der Waals surface area contributed by atoms with Gasteiger partial charge in [0, 0.05) is 37.3 Å². The molecule has 3 fully saturated rings. The molecule has 2 aliphatic carbocycles. The van der Waals surface area contributed by atoms with Gasteiger partial charge in [0.1, 0.15) is 29.5 Å². The molecule has 4 N–H and O–H groups in total. The maximum absolute atomic E-state index is 14.4. The summed E-state index contributed by atoms with van der Waals surface area (Å²) >= 11 is 0. The number of hydrogen-bond donors (Lipinski definition) is 4. The molecular formula is C37H48FN5O10S. The molecule has 1 aromatic carbocycles. The summed E-state index contributed by atoms with van der Waals surface area (Å²) in [5, 5.41) is 13.9. The van der Waals surface area contributed by atoms with Crippen molar-refractivity contribution < 1.29 is 51.4 Å². The fraction of sp³-hybridized carbons (Fsp3) is 0.622. The quantitative estimate of drug-likeness (QED) is 0.270. The molecule has 3 heterocycles. The zero-order chi connectivity index (χ0) is 38.6. The summed E-state index contributed by atoms with van der Waals surface area (Å²) in [6, 6.07) is 2.23. The molecule has 0 bridgehead atoms. The Hall–Kier alpha value is -4.54. The fourth-order valence-electron chi connectivity index (χ4n) is 7.59. The van der Waals surface area contributed by atoms with Crippen LogP contribution in [0.5, 0.6) is 0 Å². The Balaban J connectivity index is 1.24. The number of carbonyl (C=O) groups is 6. The monoisotopic (exact) mass is 773 g/mol. The number of carboxylic acids is 1. The summed E-state index contributed by atoms with van der Waals surface area (Å²) in [7, 11) is -3.95. The van der Waals surface area contributed by atoms with Crippen molar-refractivity contribution in [2.24, 2.45) is 5.92 Å². The van der Waals surface area contributed by atoms with Crippen LogP contribution in [0.1, 0.15) is 101 Å². The van der Waals surface area contributed by atoms with Crippen LogP contribution in [-0.2, 0) is 51.8 Å². The number of sulfonamides is 1. The van der Waals surface area contributed by atoms with Crippen LogP contribution in [0.15, 0.2) is 30.4 Å². The van der Waals surface area contributed by atoms with Crippen LogP contribution >= 0.6 is 0 Å². The van der Waals surface area contributed by atoms with E-state index in [0.717, 1.165) is 25.7 Å². The molecule has 2 saturated carbocycles. The molecule has 0 aromatic heterocycles. The number of nitrogens with zero attached hydrogens (tertiary/aromatic N) is 2. The third-order valence-corrected chi connectivity index (χ3v) is 12.7. The third-order valence-electron chi connectivity index (χ3n) is 10.9. The number of nitrogens with one attached hydrogen (secondary N) is 3. The first-order valence-corrected chi connectivity index (χ1v) is 20.4. The second kappa shape index (κ2) is 16.4. The highest BCUT2D eigenvalue weighted by atomic mass is 32.2. The minimum atomic E-state index is -3.95. The molecule has 0 spiro atoms. The smallest absolute Gasteiger partial charge is 0.410 e. The van der Waals surface area contributed by atoms with E-state index in [-0.39, 0.29) is 58.2 Å². The van der Waals surface area contributed by atoms with E-state index in [1.54, 1.807) is 12.1 Å². The molecule has 1 saturated heterocycles. The Morgan fingerprint density at radius 3 is 2.52 bits per heavy atom. The average molecular weight is 774 g/mol. The van der Waals surface area contributed by atoms with Crippen molar-refractivity contribution in [1.29, 1.82) is 0 Å². The normalized spacial score (nSPS) is 27.5. The predicted octanol–water partition coefficient (Wildman–Crippen LogP) is 2.77. The maximum Gasteiger partial charge on any atom is 0.410 e. The van der Waals surface area contributed by atoms with E-state index in [1.807, 2.05) is 12.2 Å². The standard InChI is InChI=1S/C37H48FN5O10S/c38-28-12-8-10-23-20-42(22-27(23)28)36(50)53-25-18-30-33(47)40-37(35(49)41-54(51,52)26-16-17-26)19-24(37)11-6-4-2-1-3-5-7-13-29(34(48)43(30)21-25)39-31(44)14-9-15-32(45)46/h6,8,10-12,24-26,29-30H,1-5,7,9,13-22H2,(H,39,44)(H,40,47)(H,41,49)(H,45,46)/t24-,25-,29+,30+,37-/m1/s1. The van der Waals surface area contributed by atoms with Gasteiger partial charge in [-0.3, -0.25) is 33.6 Å². The molecule has 3 aliphatic heterocycles. The van der Waals surface area contributed by atoms with Crippen molar-refractivity contribution in [2.45, 2.75) is 132 Å². The van der Waals surface area contributed by atoms with Crippen LogP contribution in [0.2, 0.25) is 0 Å². The first-order valence-electron chi connectivity index (χ1n) is 18.9. The summed E-state index contributed by atoms with van der Waals surface area (Å²) in [6.07, 6.45) is 7.48. The highest BCUT2D eigenvalue weighted by Gasteiger charge is 2.62. The highest BCUT2D eigenvalue weighted by molar-refractivity contribution is 7.91. The number of rotatable bonds is 9. The van der Waals surface area contributed by atoms with Gasteiger partial charge in [0.15, 0.2) is 0 Å². The van der Waals surface area contributed by atoms with Gasteiger partial charge in [-0.1, -0.05) is 50.0 Å². The van der Waals surface area contributed by atoms with Crippen LogP contribution in [0, 0.1) is 11.7 Å². The zero-order valence-electron chi connectivity index (χ0n) is 30.1. The van der Waals surface area contributed by atoms with Crippen LogP contribution in [-0.4, -0.2) is 94.5 Å². The van der Waals surface area contributed by atoms with Crippen molar-refractivity contribution in [3.05, 3.63) is 47.3 Å². The lowest BCUT2D eigenvalue weighted by Gasteiger charge is -2.30. The van der Waals surface area contributed by atoms with Gasteiger partial charge in [-0.05, 0) is 56.6 Å².